The molecule has 1 aromatic heterocycles. The largest absolute Gasteiger partial charge is 0.493 e. The fraction of sp³-hybridized carbons (Fsp3) is 0.400. The van der Waals surface area contributed by atoms with E-state index in [0.29, 0.717) is 6.61 Å². The smallest absolute Gasteiger partial charge is 0.124 e. The van der Waals surface area contributed by atoms with Gasteiger partial charge in [0, 0.05) is 12.6 Å². The first-order valence-electron chi connectivity index (χ1n) is 6.61. The third-order valence-corrected chi connectivity index (χ3v) is 3.07. The van der Waals surface area contributed by atoms with E-state index >= 15 is 0 Å². The summed E-state index contributed by atoms with van der Waals surface area (Å²) in [5.74, 6) is 0.857. The molecule has 0 fully saturated rings. The SMILES string of the molecule is CCCOc1ccccc1C(N)c1cc(C)nn1C. The molecule has 2 aromatic rings. The molecule has 4 heteroatoms. The van der Waals surface area contributed by atoms with Gasteiger partial charge in [0.05, 0.1) is 24.0 Å². The summed E-state index contributed by atoms with van der Waals surface area (Å²) in [6.45, 7) is 4.76. The van der Waals surface area contributed by atoms with Gasteiger partial charge >= 0.3 is 0 Å². The molecule has 0 radical (unpaired) electrons. The van der Waals surface area contributed by atoms with Gasteiger partial charge in [-0.1, -0.05) is 25.1 Å². The summed E-state index contributed by atoms with van der Waals surface area (Å²) in [5.41, 5.74) is 9.32. The Morgan fingerprint density at radius 3 is 2.74 bits per heavy atom. The molecule has 1 unspecified atom stereocenters. The molecular formula is C15H21N3O. The molecule has 0 aliphatic rings. The molecule has 102 valence electrons. The molecule has 0 aliphatic heterocycles. The summed E-state index contributed by atoms with van der Waals surface area (Å²) < 4.78 is 7.60. The lowest BCUT2D eigenvalue weighted by atomic mass is 10.0. The summed E-state index contributed by atoms with van der Waals surface area (Å²) in [7, 11) is 1.91. The number of nitrogens with two attached hydrogens (primary N) is 1. The predicted octanol–water partition coefficient (Wildman–Crippen LogP) is 2.57. The molecule has 0 aliphatic carbocycles. The van der Waals surface area contributed by atoms with Gasteiger partial charge < -0.3 is 10.5 Å². The first-order valence-corrected chi connectivity index (χ1v) is 6.61. The van der Waals surface area contributed by atoms with Crippen LogP contribution in [-0.2, 0) is 7.05 Å². The van der Waals surface area contributed by atoms with Crippen molar-refractivity contribution < 1.29 is 4.74 Å². The van der Waals surface area contributed by atoms with Crippen LogP contribution in [0, 0.1) is 6.92 Å². The lowest BCUT2D eigenvalue weighted by Gasteiger charge is -2.17. The van der Waals surface area contributed by atoms with Crippen molar-refractivity contribution in [3.05, 3.63) is 47.3 Å². The minimum atomic E-state index is -0.223. The van der Waals surface area contributed by atoms with E-state index in [1.165, 1.54) is 0 Å². The first kappa shape index (κ1) is 13.6. The van der Waals surface area contributed by atoms with Gasteiger partial charge in [-0.25, -0.2) is 0 Å². The monoisotopic (exact) mass is 259 g/mol. The van der Waals surface area contributed by atoms with Gasteiger partial charge in [-0.15, -0.1) is 0 Å². The van der Waals surface area contributed by atoms with Gasteiger partial charge in [-0.2, -0.15) is 5.10 Å². The highest BCUT2D eigenvalue weighted by Crippen LogP contribution is 2.28. The second-order valence-electron chi connectivity index (χ2n) is 4.70. The zero-order valence-corrected chi connectivity index (χ0v) is 11.8. The van der Waals surface area contributed by atoms with Gasteiger partial charge in [-0.05, 0) is 25.5 Å². The number of ether oxygens (including phenoxy) is 1. The molecule has 1 heterocycles. The minimum absolute atomic E-state index is 0.223. The third-order valence-electron chi connectivity index (χ3n) is 3.07. The fourth-order valence-electron chi connectivity index (χ4n) is 2.16. The van der Waals surface area contributed by atoms with Crippen LogP contribution in [0.2, 0.25) is 0 Å². The van der Waals surface area contributed by atoms with Crippen LogP contribution in [0.5, 0.6) is 5.75 Å². The lowest BCUT2D eigenvalue weighted by Crippen LogP contribution is -2.17. The number of aryl methyl sites for hydroxylation is 2. The van der Waals surface area contributed by atoms with Gasteiger partial charge in [0.25, 0.3) is 0 Å². The van der Waals surface area contributed by atoms with Crippen molar-refractivity contribution in [1.82, 2.24) is 9.78 Å². The molecule has 0 bridgehead atoms. The van der Waals surface area contributed by atoms with Crippen LogP contribution in [0.1, 0.15) is 36.3 Å². The van der Waals surface area contributed by atoms with E-state index in [9.17, 15) is 0 Å². The Hall–Kier alpha value is -1.81. The van der Waals surface area contributed by atoms with Crippen molar-refractivity contribution in [2.75, 3.05) is 6.61 Å². The number of para-hydroxylation sites is 1. The lowest BCUT2D eigenvalue weighted by molar-refractivity contribution is 0.313. The molecule has 0 saturated carbocycles. The number of hydrogen-bond acceptors (Lipinski definition) is 3. The molecule has 19 heavy (non-hydrogen) atoms. The van der Waals surface area contributed by atoms with Crippen LogP contribution in [0.4, 0.5) is 0 Å². The maximum atomic E-state index is 6.36. The first-order chi connectivity index (χ1) is 9.13. The van der Waals surface area contributed by atoms with Crippen LogP contribution in [0.3, 0.4) is 0 Å². The van der Waals surface area contributed by atoms with Gasteiger partial charge in [0.2, 0.25) is 0 Å². The topological polar surface area (TPSA) is 53.1 Å². The molecule has 2 rings (SSSR count). The number of nitrogens with zero attached hydrogens (tertiary/aromatic N) is 2. The zero-order valence-electron chi connectivity index (χ0n) is 11.8. The molecule has 2 N–H and O–H groups in total. The number of rotatable bonds is 5. The van der Waals surface area contributed by atoms with Crippen LogP contribution in [-0.4, -0.2) is 16.4 Å². The van der Waals surface area contributed by atoms with E-state index in [-0.39, 0.29) is 6.04 Å². The normalized spacial score (nSPS) is 12.4. The highest BCUT2D eigenvalue weighted by molar-refractivity contribution is 5.40. The Morgan fingerprint density at radius 1 is 1.37 bits per heavy atom. The highest BCUT2D eigenvalue weighted by atomic mass is 16.5. The summed E-state index contributed by atoms with van der Waals surface area (Å²) in [6.07, 6.45) is 0.981. The quantitative estimate of drug-likeness (QED) is 0.897. The van der Waals surface area contributed by atoms with Crippen molar-refractivity contribution in [2.45, 2.75) is 26.3 Å². The van der Waals surface area contributed by atoms with Crippen molar-refractivity contribution in [3.8, 4) is 5.75 Å². The van der Waals surface area contributed by atoms with E-state index in [2.05, 4.69) is 12.0 Å². The second kappa shape index (κ2) is 5.89. The van der Waals surface area contributed by atoms with Crippen LogP contribution >= 0.6 is 0 Å². The van der Waals surface area contributed by atoms with Gasteiger partial charge in [0.1, 0.15) is 5.75 Å². The predicted molar refractivity (Wildman–Crippen MR) is 76.2 cm³/mol. The van der Waals surface area contributed by atoms with Crippen molar-refractivity contribution in [2.24, 2.45) is 12.8 Å². The van der Waals surface area contributed by atoms with E-state index in [4.69, 9.17) is 10.5 Å². The summed E-state index contributed by atoms with van der Waals surface area (Å²) in [6, 6.07) is 9.72. The molecule has 0 saturated heterocycles. The van der Waals surface area contributed by atoms with Crippen molar-refractivity contribution >= 4 is 0 Å². The van der Waals surface area contributed by atoms with Gasteiger partial charge in [0.15, 0.2) is 0 Å². The average Bonchev–Trinajstić information content (AvgIpc) is 2.75. The van der Waals surface area contributed by atoms with Crippen molar-refractivity contribution in [1.29, 1.82) is 0 Å². The summed E-state index contributed by atoms with van der Waals surface area (Å²) >= 11 is 0. The van der Waals surface area contributed by atoms with E-state index in [0.717, 1.165) is 29.1 Å². The maximum Gasteiger partial charge on any atom is 0.124 e. The Balaban J connectivity index is 2.32. The molecule has 0 spiro atoms. The van der Waals surface area contributed by atoms with Crippen molar-refractivity contribution in [3.63, 3.8) is 0 Å². The molecular weight excluding hydrogens is 238 g/mol. The molecule has 1 atom stereocenters. The number of benzene rings is 1. The minimum Gasteiger partial charge on any atom is -0.493 e. The standard InChI is InChI=1S/C15H21N3O/c1-4-9-19-14-8-6-5-7-12(14)15(16)13-10-11(2)17-18(13)3/h5-8,10,15H,4,9,16H2,1-3H3. The fourth-order valence-corrected chi connectivity index (χ4v) is 2.16. The maximum absolute atomic E-state index is 6.36. The van der Waals surface area contributed by atoms with Crippen LogP contribution < -0.4 is 10.5 Å². The van der Waals surface area contributed by atoms with E-state index in [1.807, 2.05) is 49.0 Å². The van der Waals surface area contributed by atoms with Crippen LogP contribution in [0.25, 0.3) is 0 Å². The Labute approximate surface area is 114 Å². The Morgan fingerprint density at radius 2 is 2.11 bits per heavy atom. The van der Waals surface area contributed by atoms with Crippen LogP contribution in [0.15, 0.2) is 30.3 Å². The van der Waals surface area contributed by atoms with Gasteiger partial charge in [-0.3, -0.25) is 4.68 Å². The number of hydrogen-bond donors (Lipinski definition) is 1. The zero-order chi connectivity index (χ0) is 13.8. The second-order valence-corrected chi connectivity index (χ2v) is 4.70. The Bertz CT molecular complexity index is 548. The average molecular weight is 259 g/mol. The third kappa shape index (κ3) is 2.96. The molecule has 0 amide bonds. The summed E-state index contributed by atoms with van der Waals surface area (Å²) in [4.78, 5) is 0. The Kier molecular flexibility index (Phi) is 4.22. The van der Waals surface area contributed by atoms with E-state index in [1.54, 1.807) is 0 Å². The summed E-state index contributed by atoms with van der Waals surface area (Å²) in [5, 5.41) is 4.35. The molecule has 4 nitrogen and oxygen atoms in total. The highest BCUT2D eigenvalue weighted by Gasteiger charge is 2.17. The number of aromatic nitrogens is 2. The van der Waals surface area contributed by atoms with E-state index < -0.39 is 0 Å². The molecule has 1 aromatic carbocycles.